The van der Waals surface area contributed by atoms with Gasteiger partial charge in [-0.05, 0) is 55.5 Å². The molecule has 6 nitrogen and oxygen atoms in total. The molecule has 0 bridgehead atoms. The highest BCUT2D eigenvalue weighted by molar-refractivity contribution is 6.00. The summed E-state index contributed by atoms with van der Waals surface area (Å²) < 4.78 is 11.8. The van der Waals surface area contributed by atoms with Crippen molar-refractivity contribution in [2.24, 2.45) is 0 Å². The SMILES string of the molecule is C[C@@H](OC(=O)CCn1c(=O)oc2ccccc21)C(=O)c1ccc2c(c1)CCC2. The van der Waals surface area contributed by atoms with Crippen molar-refractivity contribution in [3.05, 3.63) is 69.7 Å². The number of hydrogen-bond acceptors (Lipinski definition) is 5. The Bertz CT molecular complexity index is 1110. The maximum absolute atomic E-state index is 12.6. The number of para-hydroxylation sites is 2. The highest BCUT2D eigenvalue weighted by Crippen LogP contribution is 2.23. The van der Waals surface area contributed by atoms with Crippen LogP contribution < -0.4 is 5.76 Å². The van der Waals surface area contributed by atoms with Crippen LogP contribution in [0.4, 0.5) is 0 Å². The highest BCUT2D eigenvalue weighted by Gasteiger charge is 2.22. The van der Waals surface area contributed by atoms with Gasteiger partial charge in [-0.1, -0.05) is 24.3 Å². The second-order valence-corrected chi connectivity index (χ2v) is 7.07. The summed E-state index contributed by atoms with van der Waals surface area (Å²) >= 11 is 0. The molecule has 0 unspecified atom stereocenters. The van der Waals surface area contributed by atoms with Crippen LogP contribution in [0.25, 0.3) is 11.1 Å². The largest absolute Gasteiger partial charge is 0.454 e. The van der Waals surface area contributed by atoms with Gasteiger partial charge in [0, 0.05) is 12.1 Å². The molecule has 4 rings (SSSR count). The molecule has 0 aliphatic heterocycles. The molecule has 1 heterocycles. The minimum atomic E-state index is -0.871. The summed E-state index contributed by atoms with van der Waals surface area (Å²) in [5, 5.41) is 0. The van der Waals surface area contributed by atoms with E-state index in [1.54, 1.807) is 37.3 Å². The van der Waals surface area contributed by atoms with E-state index >= 15 is 0 Å². The van der Waals surface area contributed by atoms with E-state index in [2.05, 4.69) is 0 Å². The minimum absolute atomic E-state index is 0.0226. The van der Waals surface area contributed by atoms with E-state index in [9.17, 15) is 14.4 Å². The van der Waals surface area contributed by atoms with Crippen molar-refractivity contribution in [1.29, 1.82) is 0 Å². The number of aryl methyl sites for hydroxylation is 3. The van der Waals surface area contributed by atoms with E-state index in [-0.39, 0.29) is 18.7 Å². The topological polar surface area (TPSA) is 78.5 Å². The third-order valence-corrected chi connectivity index (χ3v) is 5.17. The Morgan fingerprint density at radius 2 is 1.93 bits per heavy atom. The molecule has 0 amide bonds. The maximum atomic E-state index is 12.6. The Kier molecular flexibility index (Phi) is 4.86. The third kappa shape index (κ3) is 3.50. The van der Waals surface area contributed by atoms with E-state index < -0.39 is 17.8 Å². The van der Waals surface area contributed by atoms with Crippen LogP contribution in [-0.4, -0.2) is 22.4 Å². The Labute approximate surface area is 161 Å². The Morgan fingerprint density at radius 1 is 1.14 bits per heavy atom. The molecule has 6 heteroatoms. The first-order chi connectivity index (χ1) is 13.5. The second-order valence-electron chi connectivity index (χ2n) is 7.07. The molecule has 1 aromatic heterocycles. The lowest BCUT2D eigenvalue weighted by Gasteiger charge is -2.13. The smallest absolute Gasteiger partial charge is 0.419 e. The molecule has 28 heavy (non-hydrogen) atoms. The van der Waals surface area contributed by atoms with Crippen molar-refractivity contribution in [3.63, 3.8) is 0 Å². The van der Waals surface area contributed by atoms with Crippen molar-refractivity contribution < 1.29 is 18.7 Å². The number of nitrogens with zero attached hydrogens (tertiary/aromatic N) is 1. The number of carbonyl (C=O) groups is 2. The van der Waals surface area contributed by atoms with E-state index in [4.69, 9.17) is 9.15 Å². The summed E-state index contributed by atoms with van der Waals surface area (Å²) in [6.45, 7) is 1.71. The van der Waals surface area contributed by atoms with Crippen LogP contribution in [-0.2, 0) is 28.9 Å². The number of ether oxygens (including phenoxy) is 1. The van der Waals surface area contributed by atoms with Crippen molar-refractivity contribution in [2.45, 2.75) is 45.3 Å². The van der Waals surface area contributed by atoms with Crippen LogP contribution in [0.5, 0.6) is 0 Å². The molecule has 1 aliphatic carbocycles. The van der Waals surface area contributed by atoms with Gasteiger partial charge < -0.3 is 9.15 Å². The lowest BCUT2D eigenvalue weighted by molar-refractivity contribution is -0.146. The summed E-state index contributed by atoms with van der Waals surface area (Å²) in [5.74, 6) is -1.26. The van der Waals surface area contributed by atoms with Crippen LogP contribution in [0.2, 0.25) is 0 Å². The van der Waals surface area contributed by atoms with Gasteiger partial charge in [-0.25, -0.2) is 4.79 Å². The molecule has 0 fully saturated rings. The summed E-state index contributed by atoms with van der Waals surface area (Å²) in [6, 6.07) is 12.7. The van der Waals surface area contributed by atoms with Crippen LogP contribution in [0.15, 0.2) is 51.7 Å². The molecule has 0 radical (unpaired) electrons. The van der Waals surface area contributed by atoms with E-state index in [0.29, 0.717) is 16.7 Å². The zero-order valence-electron chi connectivity index (χ0n) is 15.6. The van der Waals surface area contributed by atoms with Crippen molar-refractivity contribution in [3.8, 4) is 0 Å². The molecule has 0 saturated heterocycles. The molecule has 1 aliphatic rings. The van der Waals surface area contributed by atoms with Gasteiger partial charge in [0.25, 0.3) is 0 Å². The average Bonchev–Trinajstić information content (AvgIpc) is 3.28. The molecule has 0 N–H and O–H groups in total. The molecular weight excluding hydrogens is 358 g/mol. The number of hydrogen-bond donors (Lipinski definition) is 0. The third-order valence-electron chi connectivity index (χ3n) is 5.17. The van der Waals surface area contributed by atoms with E-state index in [1.165, 1.54) is 15.7 Å². The fourth-order valence-corrected chi connectivity index (χ4v) is 3.70. The Hall–Kier alpha value is -3.15. The van der Waals surface area contributed by atoms with Crippen LogP contribution in [0.1, 0.15) is 41.3 Å². The molecular formula is C22H21NO5. The molecule has 0 spiro atoms. The molecule has 2 aromatic carbocycles. The van der Waals surface area contributed by atoms with Gasteiger partial charge in [-0.2, -0.15) is 0 Å². The number of ketones is 1. The highest BCUT2D eigenvalue weighted by atomic mass is 16.5. The lowest BCUT2D eigenvalue weighted by atomic mass is 10.0. The van der Waals surface area contributed by atoms with Gasteiger partial charge in [-0.15, -0.1) is 0 Å². The zero-order chi connectivity index (χ0) is 19.7. The Morgan fingerprint density at radius 3 is 2.79 bits per heavy atom. The van der Waals surface area contributed by atoms with E-state index in [1.807, 2.05) is 12.1 Å². The van der Waals surface area contributed by atoms with Gasteiger partial charge in [0.1, 0.15) is 0 Å². The molecule has 1 atom stereocenters. The fourth-order valence-electron chi connectivity index (χ4n) is 3.70. The summed E-state index contributed by atoms with van der Waals surface area (Å²) in [6.07, 6.45) is 2.25. The van der Waals surface area contributed by atoms with Crippen molar-refractivity contribution in [1.82, 2.24) is 4.57 Å². The monoisotopic (exact) mass is 379 g/mol. The predicted octanol–water partition coefficient (Wildman–Crippen LogP) is 3.29. The number of carbonyl (C=O) groups excluding carboxylic acids is 2. The van der Waals surface area contributed by atoms with Gasteiger partial charge in [0.15, 0.2) is 11.7 Å². The number of fused-ring (bicyclic) bond motifs is 2. The molecule has 0 saturated carbocycles. The first-order valence-corrected chi connectivity index (χ1v) is 9.47. The fraction of sp³-hybridized carbons (Fsp3) is 0.318. The van der Waals surface area contributed by atoms with Crippen molar-refractivity contribution in [2.75, 3.05) is 0 Å². The number of esters is 1. The second kappa shape index (κ2) is 7.46. The van der Waals surface area contributed by atoms with Crippen LogP contribution in [0, 0.1) is 0 Å². The summed E-state index contributed by atoms with van der Waals surface area (Å²) in [4.78, 5) is 36.7. The lowest BCUT2D eigenvalue weighted by Crippen LogP contribution is -2.26. The van der Waals surface area contributed by atoms with Crippen molar-refractivity contribution >= 4 is 22.9 Å². The maximum Gasteiger partial charge on any atom is 0.419 e. The van der Waals surface area contributed by atoms with Gasteiger partial charge in [-0.3, -0.25) is 14.2 Å². The van der Waals surface area contributed by atoms with Gasteiger partial charge in [0.05, 0.1) is 11.9 Å². The quantitative estimate of drug-likeness (QED) is 0.485. The van der Waals surface area contributed by atoms with Gasteiger partial charge in [0.2, 0.25) is 5.78 Å². The van der Waals surface area contributed by atoms with E-state index in [0.717, 1.165) is 19.3 Å². The average molecular weight is 379 g/mol. The van der Waals surface area contributed by atoms with Crippen LogP contribution in [0.3, 0.4) is 0 Å². The number of aromatic nitrogens is 1. The standard InChI is InChI=1S/C22H21NO5/c1-14(21(25)17-10-9-15-5-4-6-16(15)13-17)27-20(24)11-12-23-18-7-2-3-8-19(18)28-22(23)26/h2-3,7-10,13-14H,4-6,11-12H2,1H3/t14-/m1/s1. The van der Waals surface area contributed by atoms with Crippen LogP contribution >= 0.6 is 0 Å². The first-order valence-electron chi connectivity index (χ1n) is 9.47. The summed E-state index contributed by atoms with van der Waals surface area (Å²) in [5.41, 5.74) is 4.16. The number of benzene rings is 2. The molecule has 3 aromatic rings. The Balaban J connectivity index is 1.38. The normalized spacial score (nSPS) is 14.0. The number of oxazole rings is 1. The number of Topliss-reactive ketones (excluding diaryl/α,β-unsaturated/α-hetero) is 1. The molecule has 144 valence electrons. The zero-order valence-corrected chi connectivity index (χ0v) is 15.6. The number of rotatable bonds is 6. The first kappa shape index (κ1) is 18.2. The summed E-state index contributed by atoms with van der Waals surface area (Å²) in [7, 11) is 0. The minimum Gasteiger partial charge on any atom is -0.454 e. The predicted molar refractivity (Wildman–Crippen MR) is 103 cm³/mol. The van der Waals surface area contributed by atoms with Gasteiger partial charge >= 0.3 is 11.7 Å².